The first-order valence-electron chi connectivity index (χ1n) is 12.7. The standard InChI is InChI=1S/C28H41N3O3S/c1-8-20(4)31(27(33)29-28(5,6)7)17-26(32)30-15-13-25-23(14-16-35-25)24(30)18-34-22-11-9-21(10-12-22)19(2)3/h9-12,14,16,19-20,24H,8,13,15,17-18H2,1-7H3,(H,29,33)/t20-,24-/m0/s1. The summed E-state index contributed by atoms with van der Waals surface area (Å²) in [5.41, 5.74) is 2.05. The molecule has 0 radical (unpaired) electrons. The Hall–Kier alpha value is -2.54. The lowest BCUT2D eigenvalue weighted by atomic mass is 10.00. The first-order chi connectivity index (χ1) is 16.5. The third-order valence-corrected chi connectivity index (χ3v) is 7.54. The molecule has 1 aromatic carbocycles. The Bertz CT molecular complexity index is 994. The molecule has 2 heterocycles. The van der Waals surface area contributed by atoms with Crippen LogP contribution in [0.1, 0.15) is 82.9 Å². The lowest BCUT2D eigenvalue weighted by Crippen LogP contribution is -2.55. The van der Waals surface area contributed by atoms with E-state index in [2.05, 4.69) is 42.7 Å². The monoisotopic (exact) mass is 499 g/mol. The number of rotatable bonds is 8. The summed E-state index contributed by atoms with van der Waals surface area (Å²) < 4.78 is 6.19. The minimum atomic E-state index is -0.371. The molecule has 0 unspecified atom stereocenters. The number of thiophene rings is 1. The van der Waals surface area contributed by atoms with Gasteiger partial charge in [0.2, 0.25) is 5.91 Å². The second-order valence-corrected chi connectivity index (χ2v) is 11.8. The number of nitrogens with one attached hydrogen (secondary N) is 1. The van der Waals surface area contributed by atoms with Crippen LogP contribution in [0.4, 0.5) is 4.79 Å². The highest BCUT2D eigenvalue weighted by Gasteiger charge is 2.34. The SMILES string of the molecule is CC[C@H](C)N(CC(=O)N1CCc2sccc2[C@@H]1COc1ccc(C(C)C)cc1)C(=O)NC(C)(C)C. The zero-order chi connectivity index (χ0) is 25.8. The minimum Gasteiger partial charge on any atom is -0.491 e. The molecule has 2 atom stereocenters. The Morgan fingerprint density at radius 3 is 2.46 bits per heavy atom. The van der Waals surface area contributed by atoms with Gasteiger partial charge < -0.3 is 19.9 Å². The fourth-order valence-electron chi connectivity index (χ4n) is 4.28. The highest BCUT2D eigenvalue weighted by atomic mass is 32.1. The molecule has 0 saturated heterocycles. The number of hydrogen-bond donors (Lipinski definition) is 1. The highest BCUT2D eigenvalue weighted by Crippen LogP contribution is 2.34. The van der Waals surface area contributed by atoms with E-state index in [1.54, 1.807) is 16.2 Å². The number of carbonyl (C=O) groups is 2. The van der Waals surface area contributed by atoms with E-state index in [1.807, 2.05) is 51.7 Å². The Morgan fingerprint density at radius 1 is 1.17 bits per heavy atom. The number of ether oxygens (including phenoxy) is 1. The summed E-state index contributed by atoms with van der Waals surface area (Å²) >= 11 is 1.74. The molecule has 35 heavy (non-hydrogen) atoms. The summed E-state index contributed by atoms with van der Waals surface area (Å²) in [7, 11) is 0. The van der Waals surface area contributed by atoms with Crippen LogP contribution in [0.3, 0.4) is 0 Å². The summed E-state index contributed by atoms with van der Waals surface area (Å²) in [6, 6.07) is 9.87. The smallest absolute Gasteiger partial charge is 0.318 e. The molecular weight excluding hydrogens is 458 g/mol. The second-order valence-electron chi connectivity index (χ2n) is 10.8. The molecule has 7 heteroatoms. The molecule has 1 aliphatic rings. The van der Waals surface area contributed by atoms with Gasteiger partial charge in [-0.15, -0.1) is 11.3 Å². The van der Waals surface area contributed by atoms with Gasteiger partial charge in [-0.3, -0.25) is 4.79 Å². The van der Waals surface area contributed by atoms with Crippen LogP contribution in [-0.4, -0.2) is 53.0 Å². The van der Waals surface area contributed by atoms with Gasteiger partial charge >= 0.3 is 6.03 Å². The molecule has 1 N–H and O–H groups in total. The van der Waals surface area contributed by atoms with Crippen molar-refractivity contribution in [1.82, 2.24) is 15.1 Å². The number of fused-ring (bicyclic) bond motifs is 1. The summed E-state index contributed by atoms with van der Waals surface area (Å²) in [5.74, 6) is 1.22. The maximum atomic E-state index is 13.6. The first kappa shape index (κ1) is 27.1. The van der Waals surface area contributed by atoms with Crippen LogP contribution in [0.2, 0.25) is 0 Å². The quantitative estimate of drug-likeness (QED) is 0.486. The Morgan fingerprint density at radius 2 is 1.86 bits per heavy atom. The predicted octanol–water partition coefficient (Wildman–Crippen LogP) is 5.98. The number of benzene rings is 1. The van der Waals surface area contributed by atoms with E-state index >= 15 is 0 Å². The Labute approximate surface area is 214 Å². The third kappa shape index (κ3) is 7.00. The second kappa shape index (κ2) is 11.5. The van der Waals surface area contributed by atoms with Crippen LogP contribution < -0.4 is 10.1 Å². The molecular formula is C28H41N3O3S. The molecule has 3 rings (SSSR count). The van der Waals surface area contributed by atoms with Gasteiger partial charge in [-0.05, 0) is 81.2 Å². The number of hydrogen-bond acceptors (Lipinski definition) is 4. The third-order valence-electron chi connectivity index (χ3n) is 6.54. The van der Waals surface area contributed by atoms with Gasteiger partial charge in [-0.25, -0.2) is 4.79 Å². The van der Waals surface area contributed by atoms with Gasteiger partial charge in [-0.2, -0.15) is 0 Å². The maximum absolute atomic E-state index is 13.6. The molecule has 0 bridgehead atoms. The Balaban J connectivity index is 1.77. The molecule has 1 aromatic heterocycles. The largest absolute Gasteiger partial charge is 0.491 e. The van der Waals surface area contributed by atoms with Gasteiger partial charge in [0.05, 0.1) is 6.04 Å². The first-order valence-corrected chi connectivity index (χ1v) is 13.6. The van der Waals surface area contributed by atoms with Crippen LogP contribution in [0.5, 0.6) is 5.75 Å². The van der Waals surface area contributed by atoms with E-state index in [0.717, 1.165) is 24.2 Å². The molecule has 2 aromatic rings. The van der Waals surface area contributed by atoms with Gasteiger partial charge in [0.15, 0.2) is 0 Å². The zero-order valence-corrected chi connectivity index (χ0v) is 23.1. The van der Waals surface area contributed by atoms with E-state index < -0.39 is 0 Å². The normalized spacial score (nSPS) is 16.6. The lowest BCUT2D eigenvalue weighted by molar-refractivity contribution is -0.136. The fraction of sp³-hybridized carbons (Fsp3) is 0.571. The zero-order valence-electron chi connectivity index (χ0n) is 22.3. The lowest BCUT2D eigenvalue weighted by Gasteiger charge is -2.38. The average molecular weight is 500 g/mol. The van der Waals surface area contributed by atoms with Crippen molar-refractivity contribution in [2.45, 2.75) is 84.8 Å². The fourth-order valence-corrected chi connectivity index (χ4v) is 5.20. The van der Waals surface area contributed by atoms with Crippen molar-refractivity contribution in [3.8, 4) is 5.75 Å². The molecule has 192 valence electrons. The van der Waals surface area contributed by atoms with Crippen molar-refractivity contribution in [2.24, 2.45) is 0 Å². The van der Waals surface area contributed by atoms with Crippen molar-refractivity contribution in [1.29, 1.82) is 0 Å². The Kier molecular flexibility index (Phi) is 8.86. The van der Waals surface area contributed by atoms with Crippen molar-refractivity contribution >= 4 is 23.3 Å². The van der Waals surface area contributed by atoms with Gasteiger partial charge in [0.25, 0.3) is 0 Å². The molecule has 6 nitrogen and oxygen atoms in total. The summed E-state index contributed by atoms with van der Waals surface area (Å²) in [6.07, 6.45) is 1.61. The van der Waals surface area contributed by atoms with E-state index in [9.17, 15) is 9.59 Å². The van der Waals surface area contributed by atoms with Crippen LogP contribution in [0.15, 0.2) is 35.7 Å². The number of amides is 3. The highest BCUT2D eigenvalue weighted by molar-refractivity contribution is 7.10. The molecule has 3 amide bonds. The van der Waals surface area contributed by atoms with Crippen LogP contribution in [-0.2, 0) is 11.2 Å². The number of urea groups is 1. The van der Waals surface area contributed by atoms with Crippen LogP contribution in [0, 0.1) is 0 Å². The van der Waals surface area contributed by atoms with E-state index in [-0.39, 0.29) is 36.1 Å². The summed E-state index contributed by atoms with van der Waals surface area (Å²) in [4.78, 5) is 31.5. The van der Waals surface area contributed by atoms with Crippen LogP contribution >= 0.6 is 11.3 Å². The van der Waals surface area contributed by atoms with Crippen molar-refractivity contribution < 1.29 is 14.3 Å². The average Bonchev–Trinajstić information content (AvgIpc) is 3.28. The van der Waals surface area contributed by atoms with Gasteiger partial charge in [-0.1, -0.05) is 32.9 Å². The molecule has 0 aliphatic carbocycles. The van der Waals surface area contributed by atoms with Gasteiger partial charge in [0.1, 0.15) is 18.9 Å². The van der Waals surface area contributed by atoms with E-state index in [4.69, 9.17) is 4.74 Å². The predicted molar refractivity (Wildman–Crippen MR) is 143 cm³/mol. The molecule has 0 spiro atoms. The maximum Gasteiger partial charge on any atom is 0.318 e. The molecule has 0 fully saturated rings. The summed E-state index contributed by atoms with van der Waals surface area (Å²) in [5, 5.41) is 5.11. The van der Waals surface area contributed by atoms with Crippen molar-refractivity contribution in [3.63, 3.8) is 0 Å². The number of carbonyl (C=O) groups excluding carboxylic acids is 2. The summed E-state index contributed by atoms with van der Waals surface area (Å²) in [6.45, 7) is 15.3. The van der Waals surface area contributed by atoms with Crippen molar-refractivity contribution in [3.05, 3.63) is 51.7 Å². The molecule has 0 saturated carbocycles. The van der Waals surface area contributed by atoms with E-state index in [1.165, 1.54) is 10.4 Å². The van der Waals surface area contributed by atoms with E-state index in [0.29, 0.717) is 19.1 Å². The minimum absolute atomic E-state index is 0.0445. The number of nitrogens with zero attached hydrogens (tertiary/aromatic N) is 2. The molecule has 1 aliphatic heterocycles. The van der Waals surface area contributed by atoms with Crippen LogP contribution in [0.25, 0.3) is 0 Å². The van der Waals surface area contributed by atoms with Crippen molar-refractivity contribution in [2.75, 3.05) is 19.7 Å². The van der Waals surface area contributed by atoms with Gasteiger partial charge in [0, 0.05) is 23.0 Å². The topological polar surface area (TPSA) is 61.9 Å².